The van der Waals surface area contributed by atoms with Gasteiger partial charge in [-0.1, -0.05) is 19.1 Å². The average molecular weight is 507 g/mol. The summed E-state index contributed by atoms with van der Waals surface area (Å²) < 4.78 is 35.5. The molecule has 0 saturated heterocycles. The molecular formula is C26H39N2O6P. The summed E-state index contributed by atoms with van der Waals surface area (Å²) in [5.41, 5.74) is 3.44. The van der Waals surface area contributed by atoms with E-state index in [4.69, 9.17) is 18.5 Å². The number of hydrogen-bond acceptors (Lipinski definition) is 7. The van der Waals surface area contributed by atoms with Crippen molar-refractivity contribution >= 4 is 13.5 Å². The van der Waals surface area contributed by atoms with Gasteiger partial charge >= 0.3 is 7.60 Å². The van der Waals surface area contributed by atoms with Crippen molar-refractivity contribution in [3.05, 3.63) is 52.8 Å². The van der Waals surface area contributed by atoms with Gasteiger partial charge in [0.25, 0.3) is 0 Å². The largest absolute Gasteiger partial charge is 0.496 e. The second-order valence-electron chi connectivity index (χ2n) is 8.54. The number of benzene rings is 1. The van der Waals surface area contributed by atoms with Crippen LogP contribution in [0.5, 0.6) is 11.5 Å². The monoisotopic (exact) mass is 506 g/mol. The first kappa shape index (κ1) is 28.8. The SMILES string of the molecule is CCOP(=O)(OCC)C(C)C[C@@H](Cc1ccc(OCc2ncc(C)c(OC)c2C)cc1)NC(C)=O. The summed E-state index contributed by atoms with van der Waals surface area (Å²) in [6, 6.07) is 7.52. The summed E-state index contributed by atoms with van der Waals surface area (Å²) in [7, 11) is -1.61. The van der Waals surface area contributed by atoms with Crippen LogP contribution >= 0.6 is 7.60 Å². The van der Waals surface area contributed by atoms with Gasteiger partial charge in [0.1, 0.15) is 18.1 Å². The molecule has 9 heteroatoms. The molecule has 2 rings (SSSR count). The second-order valence-corrected chi connectivity index (χ2v) is 11.0. The van der Waals surface area contributed by atoms with Crippen molar-refractivity contribution in [3.63, 3.8) is 0 Å². The number of pyridine rings is 1. The van der Waals surface area contributed by atoms with E-state index in [9.17, 15) is 9.36 Å². The summed E-state index contributed by atoms with van der Waals surface area (Å²) in [5.74, 6) is 1.41. The lowest BCUT2D eigenvalue weighted by atomic mass is 10.0. The van der Waals surface area contributed by atoms with Crippen LogP contribution in [0.25, 0.3) is 0 Å². The van der Waals surface area contributed by atoms with Crippen molar-refractivity contribution in [1.29, 1.82) is 0 Å². The van der Waals surface area contributed by atoms with E-state index in [0.717, 1.165) is 33.9 Å². The third-order valence-electron chi connectivity index (χ3n) is 5.72. The minimum absolute atomic E-state index is 0.138. The fourth-order valence-corrected chi connectivity index (χ4v) is 5.86. The highest BCUT2D eigenvalue weighted by atomic mass is 31.2. The zero-order chi connectivity index (χ0) is 26.0. The predicted octanol–water partition coefficient (Wildman–Crippen LogP) is 5.38. The van der Waals surface area contributed by atoms with Crippen LogP contribution in [0.15, 0.2) is 30.5 Å². The number of methoxy groups -OCH3 is 1. The van der Waals surface area contributed by atoms with Crippen LogP contribution in [0.2, 0.25) is 0 Å². The number of nitrogens with one attached hydrogen (secondary N) is 1. The second kappa shape index (κ2) is 13.6. The van der Waals surface area contributed by atoms with Gasteiger partial charge in [0, 0.05) is 30.3 Å². The Labute approximate surface area is 209 Å². The number of carbonyl (C=O) groups excluding carboxylic acids is 1. The van der Waals surface area contributed by atoms with Crippen molar-refractivity contribution in [2.45, 2.75) is 72.7 Å². The Morgan fingerprint density at radius 3 is 2.29 bits per heavy atom. The maximum absolute atomic E-state index is 13.1. The Hall–Kier alpha value is -2.41. The average Bonchev–Trinajstić information content (AvgIpc) is 2.79. The maximum Gasteiger partial charge on any atom is 0.333 e. The first-order chi connectivity index (χ1) is 16.6. The highest BCUT2D eigenvalue weighted by molar-refractivity contribution is 7.54. The summed E-state index contributed by atoms with van der Waals surface area (Å²) in [6.07, 6.45) is 2.83. The molecule has 8 nitrogen and oxygen atoms in total. The Kier molecular flexibility index (Phi) is 11.2. The quantitative estimate of drug-likeness (QED) is 0.344. The molecule has 0 aliphatic carbocycles. The zero-order valence-electron chi connectivity index (χ0n) is 21.9. The van der Waals surface area contributed by atoms with E-state index in [1.807, 2.05) is 45.0 Å². The van der Waals surface area contributed by atoms with Crippen LogP contribution in [0, 0.1) is 13.8 Å². The fraction of sp³-hybridized carbons (Fsp3) is 0.538. The Balaban J connectivity index is 2.06. The van der Waals surface area contributed by atoms with E-state index in [1.165, 1.54) is 6.92 Å². The molecule has 1 N–H and O–H groups in total. The number of nitrogens with zero attached hydrogens (tertiary/aromatic N) is 1. The molecule has 1 unspecified atom stereocenters. The van der Waals surface area contributed by atoms with Gasteiger partial charge in [-0.2, -0.15) is 0 Å². The van der Waals surface area contributed by atoms with Crippen LogP contribution in [-0.2, 0) is 31.4 Å². The van der Waals surface area contributed by atoms with E-state index in [-0.39, 0.29) is 17.6 Å². The molecule has 1 aromatic carbocycles. The number of ether oxygens (including phenoxy) is 2. The van der Waals surface area contributed by atoms with Gasteiger partial charge in [0.15, 0.2) is 0 Å². The van der Waals surface area contributed by atoms with E-state index >= 15 is 0 Å². The smallest absolute Gasteiger partial charge is 0.333 e. The van der Waals surface area contributed by atoms with Crippen molar-refractivity contribution in [2.24, 2.45) is 0 Å². The summed E-state index contributed by atoms with van der Waals surface area (Å²) in [6.45, 7) is 11.8. The van der Waals surface area contributed by atoms with Crippen molar-refractivity contribution < 1.29 is 27.9 Å². The third kappa shape index (κ3) is 8.34. The lowest BCUT2D eigenvalue weighted by Gasteiger charge is -2.27. The molecule has 0 saturated carbocycles. The standard InChI is InChI=1S/C26H39N2O6P/c1-8-33-35(30,34-9-2)19(4)14-23(28-21(6)29)15-22-10-12-24(13-11-22)32-17-25-20(5)26(31-7)18(3)16-27-25/h10-13,16,19,23H,8-9,14-15,17H2,1-7H3,(H,28,29)/t19?,23-/m0/s1. The molecule has 1 aromatic heterocycles. The van der Waals surface area contributed by atoms with Gasteiger partial charge in [-0.05, 0) is 58.2 Å². The Morgan fingerprint density at radius 2 is 1.74 bits per heavy atom. The minimum Gasteiger partial charge on any atom is -0.496 e. The molecule has 1 heterocycles. The fourth-order valence-electron chi connectivity index (χ4n) is 4.05. The van der Waals surface area contributed by atoms with Gasteiger partial charge in [0.05, 0.1) is 31.7 Å². The topological polar surface area (TPSA) is 96.0 Å². The molecular weight excluding hydrogens is 467 g/mol. The normalized spacial score (nSPS) is 13.2. The van der Waals surface area contributed by atoms with Crippen LogP contribution in [0.3, 0.4) is 0 Å². The van der Waals surface area contributed by atoms with Crippen molar-refractivity contribution in [2.75, 3.05) is 20.3 Å². The molecule has 0 aliphatic heterocycles. The molecule has 35 heavy (non-hydrogen) atoms. The number of aryl methyl sites for hydroxylation is 1. The van der Waals surface area contributed by atoms with Gasteiger partial charge in [0.2, 0.25) is 5.91 Å². The highest BCUT2D eigenvalue weighted by Gasteiger charge is 2.33. The van der Waals surface area contributed by atoms with E-state index < -0.39 is 7.60 Å². The number of hydrogen-bond donors (Lipinski definition) is 1. The molecule has 0 radical (unpaired) electrons. The zero-order valence-corrected chi connectivity index (χ0v) is 22.8. The van der Waals surface area contributed by atoms with Gasteiger partial charge < -0.3 is 23.8 Å². The molecule has 194 valence electrons. The maximum atomic E-state index is 13.1. The molecule has 0 fully saturated rings. The van der Waals surface area contributed by atoms with Gasteiger partial charge in [-0.3, -0.25) is 14.3 Å². The van der Waals surface area contributed by atoms with Crippen LogP contribution in [0.1, 0.15) is 56.5 Å². The molecule has 0 aliphatic rings. The molecule has 2 aromatic rings. The number of carbonyl (C=O) groups is 1. The van der Waals surface area contributed by atoms with Crippen LogP contribution < -0.4 is 14.8 Å². The predicted molar refractivity (Wildman–Crippen MR) is 137 cm³/mol. The summed E-state index contributed by atoms with van der Waals surface area (Å²) >= 11 is 0. The van der Waals surface area contributed by atoms with E-state index in [1.54, 1.807) is 27.2 Å². The van der Waals surface area contributed by atoms with Gasteiger partial charge in [-0.15, -0.1) is 0 Å². The lowest BCUT2D eigenvalue weighted by molar-refractivity contribution is -0.119. The molecule has 1 amide bonds. The Morgan fingerprint density at radius 1 is 1.11 bits per heavy atom. The summed E-state index contributed by atoms with van der Waals surface area (Å²) in [5, 5.41) is 2.98. The Bertz CT molecular complexity index is 1000. The first-order valence-electron chi connectivity index (χ1n) is 12.0. The first-order valence-corrected chi connectivity index (χ1v) is 13.6. The number of aromatic nitrogens is 1. The molecule has 0 bridgehead atoms. The number of rotatable bonds is 14. The highest BCUT2D eigenvalue weighted by Crippen LogP contribution is 2.54. The van der Waals surface area contributed by atoms with Gasteiger partial charge in [-0.25, -0.2) is 0 Å². The van der Waals surface area contributed by atoms with Crippen molar-refractivity contribution in [3.8, 4) is 11.5 Å². The lowest BCUT2D eigenvalue weighted by Crippen LogP contribution is -2.37. The third-order valence-corrected chi connectivity index (χ3v) is 8.25. The van der Waals surface area contributed by atoms with Crippen LogP contribution in [0.4, 0.5) is 0 Å². The van der Waals surface area contributed by atoms with Crippen LogP contribution in [-0.4, -0.2) is 42.9 Å². The molecule has 2 atom stereocenters. The summed E-state index contributed by atoms with van der Waals surface area (Å²) in [4.78, 5) is 16.3. The molecule has 0 spiro atoms. The minimum atomic E-state index is -3.26. The van der Waals surface area contributed by atoms with Crippen molar-refractivity contribution in [1.82, 2.24) is 10.3 Å². The van der Waals surface area contributed by atoms with E-state index in [0.29, 0.717) is 32.7 Å². The number of amides is 1. The van der Waals surface area contributed by atoms with E-state index in [2.05, 4.69) is 10.3 Å².